The van der Waals surface area contributed by atoms with Crippen LogP contribution >= 0.6 is 24.8 Å². The number of rotatable bonds is 0. The number of aromatic amines is 1. The van der Waals surface area contributed by atoms with E-state index in [4.69, 9.17) is 0 Å². The van der Waals surface area contributed by atoms with Gasteiger partial charge in [-0.15, -0.1) is 24.8 Å². The lowest BCUT2D eigenvalue weighted by Crippen LogP contribution is -2.05. The van der Waals surface area contributed by atoms with Crippen LogP contribution in [0.2, 0.25) is 0 Å². The molecule has 0 aromatic carbocycles. The molecule has 6 heteroatoms. The second kappa shape index (κ2) is 8.42. The van der Waals surface area contributed by atoms with E-state index in [1.54, 1.807) is 6.07 Å². The van der Waals surface area contributed by atoms with Crippen molar-refractivity contribution in [3.63, 3.8) is 0 Å². The van der Waals surface area contributed by atoms with Gasteiger partial charge in [0.15, 0.2) is 0 Å². The molecule has 0 unspecified atom stereocenters. The van der Waals surface area contributed by atoms with Crippen molar-refractivity contribution in [1.29, 1.82) is 0 Å². The Morgan fingerprint density at radius 1 is 1.40 bits per heavy atom. The van der Waals surface area contributed by atoms with Gasteiger partial charge in [0.1, 0.15) is 0 Å². The summed E-state index contributed by atoms with van der Waals surface area (Å²) in [5.41, 5.74) is -0.303. The predicted molar refractivity (Wildman–Crippen MR) is 43.0 cm³/mol. The van der Waals surface area contributed by atoms with Crippen LogP contribution in [0, 0.1) is 0 Å². The van der Waals surface area contributed by atoms with Crippen molar-refractivity contribution in [2.45, 2.75) is 0 Å². The van der Waals surface area contributed by atoms with Gasteiger partial charge in [-0.2, -0.15) is 0 Å². The molecule has 0 radical (unpaired) electrons. The van der Waals surface area contributed by atoms with Crippen LogP contribution in [-0.4, -0.2) is 15.4 Å². The molecule has 0 fully saturated rings. The van der Waals surface area contributed by atoms with Crippen LogP contribution in [0.1, 0.15) is 0 Å². The standard InChI is InChI=1S/C4H4N2O.2ClH.H2O/c7-4-5-2-1-3-6-4;;;/h1-3H,(H,5,6,7);2*1H;1H2. The summed E-state index contributed by atoms with van der Waals surface area (Å²) in [4.78, 5) is 15.8. The Morgan fingerprint density at radius 3 is 2.20 bits per heavy atom. The molecule has 0 amide bonds. The smallest absolute Gasteiger partial charge is 0.344 e. The summed E-state index contributed by atoms with van der Waals surface area (Å²) in [5, 5.41) is 0. The van der Waals surface area contributed by atoms with Gasteiger partial charge in [0.2, 0.25) is 0 Å². The van der Waals surface area contributed by atoms with Crippen molar-refractivity contribution < 1.29 is 5.48 Å². The number of hydrogen-bond acceptors (Lipinski definition) is 2. The molecule has 0 aliphatic rings. The number of nitrogens with one attached hydrogen (secondary N) is 1. The summed E-state index contributed by atoms with van der Waals surface area (Å²) in [6.45, 7) is 0. The Morgan fingerprint density at radius 2 is 2.00 bits per heavy atom. The monoisotopic (exact) mass is 186 g/mol. The lowest BCUT2D eigenvalue weighted by Gasteiger charge is -1.72. The highest BCUT2D eigenvalue weighted by Gasteiger charge is 1.70. The lowest BCUT2D eigenvalue weighted by molar-refractivity contribution is 0.824. The molecule has 0 saturated carbocycles. The van der Waals surface area contributed by atoms with Crippen LogP contribution in [0.25, 0.3) is 0 Å². The first-order valence-electron chi connectivity index (χ1n) is 1.89. The van der Waals surface area contributed by atoms with E-state index in [0.29, 0.717) is 0 Å². The quantitative estimate of drug-likeness (QED) is 0.609. The molecule has 1 aromatic heterocycles. The largest absolute Gasteiger partial charge is 0.412 e. The highest BCUT2D eigenvalue weighted by molar-refractivity contribution is 5.85. The van der Waals surface area contributed by atoms with Gasteiger partial charge in [0, 0.05) is 12.4 Å². The number of aromatic nitrogens is 2. The number of H-pyrrole nitrogens is 1. The molecule has 0 aliphatic heterocycles. The maximum Gasteiger partial charge on any atom is 0.344 e. The van der Waals surface area contributed by atoms with Crippen molar-refractivity contribution in [3.8, 4) is 0 Å². The molecule has 0 bridgehead atoms. The third kappa shape index (κ3) is 5.55. The highest BCUT2D eigenvalue weighted by Crippen LogP contribution is 1.60. The lowest BCUT2D eigenvalue weighted by atomic mass is 10.7. The van der Waals surface area contributed by atoms with Crippen molar-refractivity contribution in [2.75, 3.05) is 0 Å². The van der Waals surface area contributed by atoms with E-state index in [0.717, 1.165) is 0 Å². The van der Waals surface area contributed by atoms with E-state index >= 15 is 0 Å². The molecule has 0 spiro atoms. The Kier molecular flexibility index (Phi) is 13.6. The molecule has 1 rings (SSSR count). The zero-order valence-corrected chi connectivity index (χ0v) is 6.54. The summed E-state index contributed by atoms with van der Waals surface area (Å²) < 4.78 is 0. The number of hydrogen-bond donors (Lipinski definition) is 1. The zero-order chi connectivity index (χ0) is 5.11. The average molecular weight is 187 g/mol. The van der Waals surface area contributed by atoms with Crippen molar-refractivity contribution in [1.82, 2.24) is 9.97 Å². The van der Waals surface area contributed by atoms with Gasteiger partial charge in [0.05, 0.1) is 0 Å². The van der Waals surface area contributed by atoms with E-state index in [9.17, 15) is 4.79 Å². The van der Waals surface area contributed by atoms with Gasteiger partial charge in [-0.05, 0) is 6.07 Å². The van der Waals surface area contributed by atoms with Crippen LogP contribution in [0.15, 0.2) is 23.3 Å². The van der Waals surface area contributed by atoms with Gasteiger partial charge in [0.25, 0.3) is 0 Å². The first-order chi connectivity index (χ1) is 3.39. The minimum absolute atomic E-state index is 0. The molecule has 0 atom stereocenters. The fraction of sp³-hybridized carbons (Fsp3) is 0. The molecule has 1 aromatic rings. The molecular weight excluding hydrogens is 179 g/mol. The van der Waals surface area contributed by atoms with Crippen molar-refractivity contribution in [3.05, 3.63) is 28.9 Å². The highest BCUT2D eigenvalue weighted by atomic mass is 35.5. The molecule has 10 heavy (non-hydrogen) atoms. The molecule has 0 saturated heterocycles. The van der Waals surface area contributed by atoms with Crippen molar-refractivity contribution >= 4 is 24.8 Å². The minimum Gasteiger partial charge on any atom is -0.412 e. The first-order valence-corrected chi connectivity index (χ1v) is 1.89. The maximum absolute atomic E-state index is 10.1. The van der Waals surface area contributed by atoms with E-state index in [1.165, 1.54) is 12.4 Å². The number of halogens is 2. The fourth-order valence-corrected chi connectivity index (χ4v) is 0.310. The summed E-state index contributed by atoms with van der Waals surface area (Å²) in [6, 6.07) is 1.65. The Hall–Kier alpha value is -0.580. The third-order valence-electron chi connectivity index (χ3n) is 0.581. The zero-order valence-electron chi connectivity index (χ0n) is 4.90. The average Bonchev–Trinajstić information content (AvgIpc) is 1.69. The second-order valence-electron chi connectivity index (χ2n) is 1.09. The normalized spacial score (nSPS) is 6.00. The van der Waals surface area contributed by atoms with Crippen LogP contribution in [0.3, 0.4) is 0 Å². The maximum atomic E-state index is 10.1. The van der Waals surface area contributed by atoms with Crippen LogP contribution in [0.5, 0.6) is 0 Å². The van der Waals surface area contributed by atoms with E-state index < -0.39 is 0 Å². The summed E-state index contributed by atoms with van der Waals surface area (Å²) in [7, 11) is 0. The van der Waals surface area contributed by atoms with Gasteiger partial charge >= 0.3 is 5.69 Å². The predicted octanol–water partition coefficient (Wildman–Crippen LogP) is -0.211. The Bertz CT molecular complexity index is 185. The second-order valence-corrected chi connectivity index (χ2v) is 1.09. The van der Waals surface area contributed by atoms with E-state index in [2.05, 4.69) is 9.97 Å². The van der Waals surface area contributed by atoms with Crippen LogP contribution < -0.4 is 5.69 Å². The minimum atomic E-state index is -0.303. The van der Waals surface area contributed by atoms with Gasteiger partial charge in [-0.25, -0.2) is 9.78 Å². The first kappa shape index (κ1) is 16.2. The van der Waals surface area contributed by atoms with Gasteiger partial charge in [-0.3, -0.25) is 0 Å². The molecule has 4 nitrogen and oxygen atoms in total. The topological polar surface area (TPSA) is 77.2 Å². The molecule has 60 valence electrons. The van der Waals surface area contributed by atoms with E-state index in [-0.39, 0.29) is 36.0 Å². The molecular formula is C4H8Cl2N2O2. The van der Waals surface area contributed by atoms with Crippen molar-refractivity contribution in [2.24, 2.45) is 0 Å². The molecule has 3 N–H and O–H groups in total. The third-order valence-corrected chi connectivity index (χ3v) is 0.581. The fourth-order valence-electron chi connectivity index (χ4n) is 0.310. The Labute approximate surface area is 69.8 Å². The van der Waals surface area contributed by atoms with Gasteiger partial charge in [-0.1, -0.05) is 0 Å². The van der Waals surface area contributed by atoms with Crippen LogP contribution in [-0.2, 0) is 0 Å². The number of nitrogens with zero attached hydrogens (tertiary/aromatic N) is 1. The summed E-state index contributed by atoms with van der Waals surface area (Å²) in [5.74, 6) is 0. The SMILES string of the molecule is Cl.Cl.O.O=c1nccc[nH]1. The molecule has 1 heterocycles. The van der Waals surface area contributed by atoms with E-state index in [1.807, 2.05) is 0 Å². The summed E-state index contributed by atoms with van der Waals surface area (Å²) >= 11 is 0. The molecule has 0 aliphatic carbocycles. The summed E-state index contributed by atoms with van der Waals surface area (Å²) in [6.07, 6.45) is 2.98. The van der Waals surface area contributed by atoms with Gasteiger partial charge < -0.3 is 10.5 Å². The Balaban J connectivity index is -0.000000163. The van der Waals surface area contributed by atoms with Crippen LogP contribution in [0.4, 0.5) is 0 Å².